The number of benzene rings is 1. The zero-order chi connectivity index (χ0) is 23.4. The van der Waals surface area contributed by atoms with E-state index >= 15 is 0 Å². The highest BCUT2D eigenvalue weighted by Gasteiger charge is 2.20. The van der Waals surface area contributed by atoms with Crippen LogP contribution >= 0.6 is 0 Å². The van der Waals surface area contributed by atoms with Gasteiger partial charge in [0.15, 0.2) is 11.6 Å². The van der Waals surface area contributed by atoms with Crippen molar-refractivity contribution in [1.82, 2.24) is 15.0 Å². The monoisotopic (exact) mass is 459 g/mol. The Morgan fingerprint density at radius 1 is 1.06 bits per heavy atom. The van der Waals surface area contributed by atoms with Gasteiger partial charge in [-0.25, -0.2) is 14.4 Å². The molecule has 1 aromatic carbocycles. The summed E-state index contributed by atoms with van der Waals surface area (Å²) in [5.74, 6) is 0.817. The Kier molecular flexibility index (Phi) is 6.81. The first-order chi connectivity index (χ1) is 15.9. The van der Waals surface area contributed by atoms with Crippen molar-refractivity contribution >= 4 is 17.5 Å². The van der Waals surface area contributed by atoms with Gasteiger partial charge in [-0.05, 0) is 42.5 Å². The van der Waals surface area contributed by atoms with Gasteiger partial charge in [-0.2, -0.15) is 13.8 Å². The second-order valence-corrected chi connectivity index (χ2v) is 7.84. The van der Waals surface area contributed by atoms with Crippen LogP contribution < -0.4 is 19.7 Å². The number of piperidine rings is 1. The Balaban J connectivity index is 1.59. The minimum absolute atomic E-state index is 0.0107. The van der Waals surface area contributed by atoms with Crippen LogP contribution in [-0.4, -0.2) is 41.8 Å². The number of anilines is 3. The van der Waals surface area contributed by atoms with Crippen LogP contribution in [0.1, 0.15) is 19.8 Å². The van der Waals surface area contributed by atoms with E-state index in [-0.39, 0.29) is 17.4 Å². The number of hydrogen-bond acceptors (Lipinski definition) is 7. The fourth-order valence-corrected chi connectivity index (χ4v) is 3.63. The zero-order valence-electron chi connectivity index (χ0n) is 18.3. The molecule has 7 nitrogen and oxygen atoms in total. The predicted molar refractivity (Wildman–Crippen MR) is 119 cm³/mol. The summed E-state index contributed by atoms with van der Waals surface area (Å²) < 4.78 is 49.0. The lowest BCUT2D eigenvalue weighted by atomic mass is 10.00. The second kappa shape index (κ2) is 9.93. The van der Waals surface area contributed by atoms with E-state index in [0.29, 0.717) is 28.7 Å². The van der Waals surface area contributed by atoms with Gasteiger partial charge < -0.3 is 19.7 Å². The van der Waals surface area contributed by atoms with Crippen LogP contribution in [-0.2, 0) is 0 Å². The van der Waals surface area contributed by atoms with E-state index in [1.165, 1.54) is 19.2 Å². The Hall–Kier alpha value is -3.56. The van der Waals surface area contributed by atoms with Gasteiger partial charge in [-0.1, -0.05) is 19.1 Å². The van der Waals surface area contributed by atoms with Gasteiger partial charge in [-0.15, -0.1) is 0 Å². The van der Waals surface area contributed by atoms with Gasteiger partial charge in [0.05, 0.1) is 13.3 Å². The number of nitrogens with one attached hydrogen (secondary N) is 1. The quantitative estimate of drug-likeness (QED) is 0.516. The number of hydrogen-bond donors (Lipinski definition) is 1. The first-order valence-electron chi connectivity index (χ1n) is 10.6. The maximum atomic E-state index is 14.5. The lowest BCUT2D eigenvalue weighted by Crippen LogP contribution is -2.34. The van der Waals surface area contributed by atoms with E-state index < -0.39 is 12.4 Å². The molecule has 1 saturated heterocycles. The summed E-state index contributed by atoms with van der Waals surface area (Å²) in [6.45, 7) is 0.951. The Bertz CT molecular complexity index is 1090. The van der Waals surface area contributed by atoms with E-state index in [2.05, 4.69) is 31.9 Å². The van der Waals surface area contributed by atoms with E-state index in [0.717, 1.165) is 32.1 Å². The molecule has 1 aliphatic rings. The van der Waals surface area contributed by atoms with Gasteiger partial charge in [-0.3, -0.25) is 0 Å². The van der Waals surface area contributed by atoms with Crippen molar-refractivity contribution in [3.8, 4) is 22.8 Å². The third-order valence-corrected chi connectivity index (χ3v) is 5.51. The molecule has 1 aliphatic heterocycles. The molecule has 0 aliphatic carbocycles. The fourth-order valence-electron chi connectivity index (χ4n) is 3.63. The SMILES string of the molecule is COc1ncc(-c2ccc(OC(F)F)cc2)cc1Nc1nc(N2CCC(C)CC2)ncc1F. The van der Waals surface area contributed by atoms with Gasteiger partial charge in [0.1, 0.15) is 11.4 Å². The molecule has 10 heteroatoms. The third-order valence-electron chi connectivity index (χ3n) is 5.51. The van der Waals surface area contributed by atoms with Crippen molar-refractivity contribution < 1.29 is 22.6 Å². The normalized spacial score (nSPS) is 14.4. The maximum Gasteiger partial charge on any atom is 0.387 e. The molecule has 1 N–H and O–H groups in total. The number of pyridine rings is 1. The molecule has 174 valence electrons. The summed E-state index contributed by atoms with van der Waals surface area (Å²) in [5, 5.41) is 2.96. The van der Waals surface area contributed by atoms with Crippen molar-refractivity contribution in [3.05, 3.63) is 48.5 Å². The molecular weight excluding hydrogens is 435 g/mol. The smallest absolute Gasteiger partial charge is 0.387 e. The minimum atomic E-state index is -2.89. The van der Waals surface area contributed by atoms with Crippen LogP contribution in [0, 0.1) is 11.7 Å². The summed E-state index contributed by atoms with van der Waals surface area (Å²) in [4.78, 5) is 14.9. The van der Waals surface area contributed by atoms with Crippen LogP contribution in [0.2, 0.25) is 0 Å². The zero-order valence-corrected chi connectivity index (χ0v) is 18.3. The molecule has 0 radical (unpaired) electrons. The largest absolute Gasteiger partial charge is 0.480 e. The van der Waals surface area contributed by atoms with Crippen molar-refractivity contribution in [1.29, 1.82) is 0 Å². The minimum Gasteiger partial charge on any atom is -0.480 e. The molecule has 33 heavy (non-hydrogen) atoms. The van der Waals surface area contributed by atoms with E-state index in [4.69, 9.17) is 4.74 Å². The first-order valence-corrected chi connectivity index (χ1v) is 10.6. The molecule has 0 spiro atoms. The molecule has 3 aromatic rings. The van der Waals surface area contributed by atoms with Crippen LogP contribution in [0.25, 0.3) is 11.1 Å². The Morgan fingerprint density at radius 3 is 2.45 bits per heavy atom. The number of halogens is 3. The number of rotatable bonds is 7. The summed E-state index contributed by atoms with van der Waals surface area (Å²) >= 11 is 0. The van der Waals surface area contributed by atoms with Gasteiger partial charge in [0.25, 0.3) is 0 Å². The third kappa shape index (κ3) is 5.44. The number of aromatic nitrogens is 3. The molecule has 0 bridgehead atoms. The van der Waals surface area contributed by atoms with E-state index in [1.807, 2.05) is 4.90 Å². The summed E-state index contributed by atoms with van der Waals surface area (Å²) in [7, 11) is 1.46. The molecule has 3 heterocycles. The van der Waals surface area contributed by atoms with E-state index in [1.54, 1.807) is 24.4 Å². The first kappa shape index (κ1) is 22.6. The lowest BCUT2D eigenvalue weighted by Gasteiger charge is -2.30. The molecule has 0 saturated carbocycles. The average molecular weight is 459 g/mol. The summed E-state index contributed by atoms with van der Waals surface area (Å²) in [6, 6.07) is 7.86. The van der Waals surface area contributed by atoms with Gasteiger partial charge in [0.2, 0.25) is 11.8 Å². The lowest BCUT2D eigenvalue weighted by molar-refractivity contribution is -0.0498. The van der Waals surface area contributed by atoms with Crippen molar-refractivity contribution in [2.45, 2.75) is 26.4 Å². The van der Waals surface area contributed by atoms with Crippen LogP contribution in [0.4, 0.5) is 30.6 Å². The number of alkyl halides is 2. The highest BCUT2D eigenvalue weighted by atomic mass is 19.3. The topological polar surface area (TPSA) is 72.4 Å². The van der Waals surface area contributed by atoms with Crippen LogP contribution in [0.3, 0.4) is 0 Å². The Labute approximate surface area is 189 Å². The second-order valence-electron chi connectivity index (χ2n) is 7.84. The summed E-state index contributed by atoms with van der Waals surface area (Å²) in [5.41, 5.74) is 1.78. The highest BCUT2D eigenvalue weighted by Crippen LogP contribution is 2.32. The average Bonchev–Trinajstić information content (AvgIpc) is 2.81. The number of methoxy groups -OCH3 is 1. The van der Waals surface area contributed by atoms with Crippen molar-refractivity contribution in [2.24, 2.45) is 5.92 Å². The van der Waals surface area contributed by atoms with Crippen molar-refractivity contribution in [3.63, 3.8) is 0 Å². The van der Waals surface area contributed by atoms with Gasteiger partial charge in [0, 0.05) is 24.8 Å². The molecule has 0 atom stereocenters. The molecule has 0 unspecified atom stereocenters. The summed E-state index contributed by atoms with van der Waals surface area (Å²) in [6.07, 6.45) is 4.78. The van der Waals surface area contributed by atoms with Gasteiger partial charge >= 0.3 is 6.61 Å². The number of nitrogens with zero attached hydrogens (tertiary/aromatic N) is 4. The van der Waals surface area contributed by atoms with Crippen LogP contribution in [0.5, 0.6) is 11.6 Å². The molecule has 4 rings (SSSR count). The van der Waals surface area contributed by atoms with Crippen LogP contribution in [0.15, 0.2) is 42.7 Å². The number of ether oxygens (including phenoxy) is 2. The molecule has 0 amide bonds. The molecule has 1 fully saturated rings. The standard InChI is InChI=1S/C23H24F3N5O2/c1-14-7-9-31(10-8-14)23-28-13-18(24)20(30-23)29-19-11-16(12-27-21(19)32-2)15-3-5-17(6-4-15)33-22(25)26/h3-6,11-14,22H,7-10H2,1-2H3,(H,28,29,30). The molecule has 2 aromatic heterocycles. The van der Waals surface area contributed by atoms with Crippen molar-refractivity contribution in [2.75, 3.05) is 30.4 Å². The fraction of sp³-hybridized carbons (Fsp3) is 0.348. The molecular formula is C23H24F3N5O2. The highest BCUT2D eigenvalue weighted by molar-refractivity contribution is 5.72. The maximum absolute atomic E-state index is 14.5. The predicted octanol–water partition coefficient (Wildman–Crippen LogP) is 5.27. The van der Waals surface area contributed by atoms with E-state index in [9.17, 15) is 13.2 Å². The Morgan fingerprint density at radius 2 is 1.79 bits per heavy atom.